The Morgan fingerprint density at radius 2 is 1.68 bits per heavy atom. The smallest absolute Gasteiger partial charge is 0.342 e. The van der Waals surface area contributed by atoms with Crippen molar-refractivity contribution in [2.24, 2.45) is 7.05 Å². The molecule has 0 bridgehead atoms. The van der Waals surface area contributed by atoms with Crippen LogP contribution in [0.15, 0.2) is 18.3 Å². The first-order valence-corrected chi connectivity index (χ1v) is 7.32. The summed E-state index contributed by atoms with van der Waals surface area (Å²) in [6.07, 6.45) is 5.03. The first kappa shape index (κ1) is 17.6. The minimum absolute atomic E-state index is 0.0120. The van der Waals surface area contributed by atoms with E-state index < -0.39 is 4.92 Å². The van der Waals surface area contributed by atoms with Crippen LogP contribution in [0.3, 0.4) is 0 Å². The largest absolute Gasteiger partial charge is 0.358 e. The first-order valence-electron chi connectivity index (χ1n) is 7.32. The van der Waals surface area contributed by atoms with E-state index in [2.05, 4.69) is 37.9 Å². The molecule has 2 aromatic rings. The van der Waals surface area contributed by atoms with Crippen LogP contribution in [-0.2, 0) is 7.05 Å². The lowest BCUT2D eigenvalue weighted by Gasteiger charge is -2.06. The zero-order valence-corrected chi connectivity index (χ0v) is 14.0. The van der Waals surface area contributed by atoms with Crippen LogP contribution in [0.4, 0.5) is 5.82 Å². The Balaban J connectivity index is 0.00000116. The molecule has 0 saturated carbocycles. The molecule has 0 amide bonds. The maximum Gasteiger partial charge on any atom is 0.342 e. The van der Waals surface area contributed by atoms with Crippen molar-refractivity contribution >= 4 is 18.0 Å². The predicted molar refractivity (Wildman–Crippen MR) is 90.8 cm³/mol. The Hall–Kier alpha value is -2.43. The monoisotopic (exact) mass is 301 g/mol. The van der Waals surface area contributed by atoms with Gasteiger partial charge < -0.3 is 10.1 Å². The molecule has 22 heavy (non-hydrogen) atoms. The molecule has 2 rings (SSSR count). The lowest BCUT2D eigenvalue weighted by Crippen LogP contribution is -1.98. The van der Waals surface area contributed by atoms with Crippen molar-refractivity contribution < 1.29 is 4.92 Å². The molecule has 1 heterocycles. The SMILES string of the molecule is CC.Cc1cc(C)c(/C=C/c2ncc([N+](=O)[O-])n2C)c(C)c1. The number of nitro groups is 1. The number of rotatable bonds is 3. The maximum absolute atomic E-state index is 10.8. The fourth-order valence-electron chi connectivity index (χ4n) is 2.35. The zero-order chi connectivity index (χ0) is 16.9. The highest BCUT2D eigenvalue weighted by Gasteiger charge is 2.14. The van der Waals surface area contributed by atoms with Crippen LogP contribution in [-0.4, -0.2) is 14.5 Å². The second kappa shape index (κ2) is 7.54. The van der Waals surface area contributed by atoms with E-state index in [0.717, 1.165) is 5.56 Å². The average Bonchev–Trinajstić information content (AvgIpc) is 2.81. The highest BCUT2D eigenvalue weighted by Crippen LogP contribution is 2.20. The molecule has 0 unspecified atom stereocenters. The van der Waals surface area contributed by atoms with Crippen LogP contribution < -0.4 is 0 Å². The molecular weight excluding hydrogens is 278 g/mol. The van der Waals surface area contributed by atoms with E-state index >= 15 is 0 Å². The molecule has 1 aromatic carbocycles. The highest BCUT2D eigenvalue weighted by molar-refractivity contribution is 5.71. The summed E-state index contributed by atoms with van der Waals surface area (Å²) >= 11 is 0. The Morgan fingerprint density at radius 3 is 2.14 bits per heavy atom. The minimum atomic E-state index is -0.438. The standard InChI is InChI=1S/C15H17N3O2.C2H6/c1-10-7-11(2)13(12(3)8-10)5-6-14-16-9-15(17(14)4)18(19)20;1-2/h5-9H,1-4H3;1-2H3/b6-5+;. The van der Waals surface area contributed by atoms with Gasteiger partial charge in [-0.2, -0.15) is 0 Å². The van der Waals surface area contributed by atoms with Crippen LogP contribution in [0.2, 0.25) is 0 Å². The van der Waals surface area contributed by atoms with Crippen molar-refractivity contribution in [3.05, 3.63) is 56.5 Å². The molecule has 5 nitrogen and oxygen atoms in total. The van der Waals surface area contributed by atoms with E-state index in [4.69, 9.17) is 0 Å². The minimum Gasteiger partial charge on any atom is -0.358 e. The van der Waals surface area contributed by atoms with Crippen LogP contribution >= 0.6 is 0 Å². The number of hydrogen-bond acceptors (Lipinski definition) is 3. The van der Waals surface area contributed by atoms with Gasteiger partial charge in [-0.25, -0.2) is 9.55 Å². The summed E-state index contributed by atoms with van der Waals surface area (Å²) in [5, 5.41) is 10.8. The van der Waals surface area contributed by atoms with Crippen molar-refractivity contribution in [2.45, 2.75) is 34.6 Å². The maximum atomic E-state index is 10.8. The van der Waals surface area contributed by atoms with Crippen LogP contribution in [0.1, 0.15) is 41.9 Å². The van der Waals surface area contributed by atoms with Crippen molar-refractivity contribution in [1.82, 2.24) is 9.55 Å². The third kappa shape index (κ3) is 3.81. The van der Waals surface area contributed by atoms with Gasteiger partial charge in [0.2, 0.25) is 5.82 Å². The molecule has 1 aromatic heterocycles. The van der Waals surface area contributed by atoms with Crippen molar-refractivity contribution in [2.75, 3.05) is 0 Å². The quantitative estimate of drug-likeness (QED) is 0.621. The Labute approximate surface area is 131 Å². The lowest BCUT2D eigenvalue weighted by molar-refractivity contribution is -0.391. The van der Waals surface area contributed by atoms with Gasteiger partial charge in [-0.3, -0.25) is 0 Å². The first-order chi connectivity index (χ1) is 10.4. The lowest BCUT2D eigenvalue weighted by atomic mass is 9.99. The van der Waals surface area contributed by atoms with E-state index in [1.807, 2.05) is 19.9 Å². The molecule has 0 aliphatic carbocycles. The molecule has 0 aliphatic rings. The molecule has 0 atom stereocenters. The van der Waals surface area contributed by atoms with E-state index in [9.17, 15) is 10.1 Å². The van der Waals surface area contributed by atoms with Gasteiger partial charge in [0.15, 0.2) is 0 Å². The Bertz CT molecular complexity index is 677. The van der Waals surface area contributed by atoms with Crippen molar-refractivity contribution in [3.8, 4) is 0 Å². The number of imidazole rings is 1. The van der Waals surface area contributed by atoms with Crippen molar-refractivity contribution in [3.63, 3.8) is 0 Å². The van der Waals surface area contributed by atoms with Gasteiger partial charge in [0.25, 0.3) is 0 Å². The number of hydrogen-bond donors (Lipinski definition) is 0. The number of benzene rings is 1. The van der Waals surface area contributed by atoms with Crippen molar-refractivity contribution in [1.29, 1.82) is 0 Å². The van der Waals surface area contributed by atoms with Crippen LogP contribution in [0.5, 0.6) is 0 Å². The van der Waals surface area contributed by atoms with Gasteiger partial charge in [0.05, 0.1) is 7.05 Å². The average molecular weight is 301 g/mol. The van der Waals surface area contributed by atoms with Crippen LogP contribution in [0.25, 0.3) is 12.2 Å². The zero-order valence-electron chi connectivity index (χ0n) is 14.0. The Kier molecular flexibility index (Phi) is 6.04. The molecule has 0 saturated heterocycles. The molecular formula is C17H23N3O2. The normalized spacial score (nSPS) is 10.5. The molecule has 0 fully saturated rings. The third-order valence-electron chi connectivity index (χ3n) is 3.32. The van der Waals surface area contributed by atoms with Gasteiger partial charge in [0, 0.05) is 6.08 Å². The molecule has 0 spiro atoms. The summed E-state index contributed by atoms with van der Waals surface area (Å²) < 4.78 is 1.47. The Morgan fingerprint density at radius 1 is 1.14 bits per heavy atom. The van der Waals surface area contributed by atoms with E-state index in [1.165, 1.54) is 27.5 Å². The van der Waals surface area contributed by atoms with Gasteiger partial charge >= 0.3 is 5.82 Å². The highest BCUT2D eigenvalue weighted by atomic mass is 16.6. The van der Waals surface area contributed by atoms with E-state index in [-0.39, 0.29) is 5.82 Å². The summed E-state index contributed by atoms with van der Waals surface area (Å²) in [5.74, 6) is 0.554. The van der Waals surface area contributed by atoms with Gasteiger partial charge in [-0.1, -0.05) is 31.5 Å². The molecule has 5 heteroatoms. The summed E-state index contributed by atoms with van der Waals surface area (Å²) in [7, 11) is 1.64. The summed E-state index contributed by atoms with van der Waals surface area (Å²) in [5.41, 5.74) is 4.72. The fourth-order valence-corrected chi connectivity index (χ4v) is 2.35. The molecule has 0 radical (unpaired) electrons. The van der Waals surface area contributed by atoms with Gasteiger partial charge in [-0.05, 0) is 48.5 Å². The third-order valence-corrected chi connectivity index (χ3v) is 3.32. The molecule has 118 valence electrons. The van der Waals surface area contributed by atoms with E-state index in [0.29, 0.717) is 5.82 Å². The summed E-state index contributed by atoms with van der Waals surface area (Å²) in [4.78, 5) is 14.4. The number of aryl methyl sites for hydroxylation is 3. The number of nitrogens with zero attached hydrogens (tertiary/aromatic N) is 3. The van der Waals surface area contributed by atoms with Crippen LogP contribution in [0, 0.1) is 30.9 Å². The second-order valence-corrected chi connectivity index (χ2v) is 4.94. The second-order valence-electron chi connectivity index (χ2n) is 4.94. The topological polar surface area (TPSA) is 61.0 Å². The van der Waals surface area contributed by atoms with Gasteiger partial charge in [-0.15, -0.1) is 0 Å². The molecule has 0 aliphatic heterocycles. The number of aromatic nitrogens is 2. The fraction of sp³-hybridized carbons (Fsp3) is 0.353. The predicted octanol–water partition coefficient (Wildman–Crippen LogP) is 4.45. The van der Waals surface area contributed by atoms with E-state index in [1.54, 1.807) is 13.1 Å². The van der Waals surface area contributed by atoms with Gasteiger partial charge in [0.1, 0.15) is 6.20 Å². The molecule has 0 N–H and O–H groups in total. The summed E-state index contributed by atoms with van der Waals surface area (Å²) in [6.45, 7) is 10.2. The summed E-state index contributed by atoms with van der Waals surface area (Å²) in [6, 6.07) is 4.24.